The molecule has 3 aromatic rings. The van der Waals surface area contributed by atoms with Crippen LogP contribution in [0.3, 0.4) is 0 Å². The van der Waals surface area contributed by atoms with E-state index in [0.717, 1.165) is 11.3 Å². The van der Waals surface area contributed by atoms with Crippen LogP contribution in [0.4, 0.5) is 0 Å². The zero-order valence-electron chi connectivity index (χ0n) is 13.8. The largest absolute Gasteiger partial charge is 0.494 e. The predicted molar refractivity (Wildman–Crippen MR) is 94.0 cm³/mol. The summed E-state index contributed by atoms with van der Waals surface area (Å²) in [5.74, 6) is 0.567. The molecule has 0 radical (unpaired) electrons. The second-order valence-corrected chi connectivity index (χ2v) is 5.23. The molecule has 0 aliphatic rings. The van der Waals surface area contributed by atoms with Gasteiger partial charge >= 0.3 is 0 Å². The van der Waals surface area contributed by atoms with Crippen molar-refractivity contribution >= 4 is 5.91 Å². The van der Waals surface area contributed by atoms with E-state index < -0.39 is 0 Å². The molecule has 0 fully saturated rings. The third-order valence-corrected chi connectivity index (χ3v) is 3.55. The summed E-state index contributed by atoms with van der Waals surface area (Å²) in [6, 6.07) is 10.8. The number of ether oxygens (including phenoxy) is 1. The molecular formula is C19H18N4O2. The molecule has 0 unspecified atom stereocenters. The molecule has 6 heteroatoms. The number of nitrogens with one attached hydrogen (secondary N) is 1. The van der Waals surface area contributed by atoms with Crippen LogP contribution in [-0.4, -0.2) is 27.5 Å². The third-order valence-electron chi connectivity index (χ3n) is 3.55. The number of hydrogen-bond donors (Lipinski definition) is 1. The fraction of sp³-hybridized carbons (Fsp3) is 0.158. The Morgan fingerprint density at radius 2 is 1.88 bits per heavy atom. The van der Waals surface area contributed by atoms with Crippen molar-refractivity contribution in [2.45, 2.75) is 13.5 Å². The Balaban J connectivity index is 1.70. The van der Waals surface area contributed by atoms with Gasteiger partial charge in [-0.15, -0.1) is 0 Å². The normalized spacial score (nSPS) is 10.3. The highest BCUT2D eigenvalue weighted by atomic mass is 16.5. The van der Waals surface area contributed by atoms with E-state index >= 15 is 0 Å². The Morgan fingerprint density at radius 1 is 1.08 bits per heavy atom. The molecular weight excluding hydrogens is 316 g/mol. The minimum atomic E-state index is -0.175. The molecule has 0 aliphatic heterocycles. The molecule has 1 N–H and O–H groups in total. The highest BCUT2D eigenvalue weighted by Gasteiger charge is 2.11. The van der Waals surface area contributed by atoms with Gasteiger partial charge < -0.3 is 10.1 Å². The molecule has 25 heavy (non-hydrogen) atoms. The fourth-order valence-corrected chi connectivity index (χ4v) is 2.38. The number of pyridine rings is 1. The Kier molecular flexibility index (Phi) is 5.31. The SMILES string of the molecule is CCOc1ccc(C(=O)NCc2nccnc2-c2cccnc2)cc1. The van der Waals surface area contributed by atoms with E-state index in [1.807, 2.05) is 19.1 Å². The summed E-state index contributed by atoms with van der Waals surface area (Å²) in [7, 11) is 0. The lowest BCUT2D eigenvalue weighted by Gasteiger charge is -2.09. The molecule has 0 saturated heterocycles. The fourth-order valence-electron chi connectivity index (χ4n) is 2.38. The predicted octanol–water partition coefficient (Wildman–Crippen LogP) is 2.87. The summed E-state index contributed by atoms with van der Waals surface area (Å²) in [5.41, 5.74) is 2.83. The topological polar surface area (TPSA) is 77.0 Å². The van der Waals surface area contributed by atoms with Crippen LogP contribution in [-0.2, 0) is 6.54 Å². The van der Waals surface area contributed by atoms with Gasteiger partial charge in [-0.05, 0) is 43.3 Å². The van der Waals surface area contributed by atoms with Crippen molar-refractivity contribution < 1.29 is 9.53 Å². The Morgan fingerprint density at radius 3 is 2.60 bits per heavy atom. The van der Waals surface area contributed by atoms with Gasteiger partial charge in [0, 0.05) is 35.9 Å². The molecule has 0 atom stereocenters. The molecule has 1 amide bonds. The zero-order chi connectivity index (χ0) is 17.5. The third kappa shape index (κ3) is 4.17. The number of carbonyl (C=O) groups excluding carboxylic acids is 1. The van der Waals surface area contributed by atoms with E-state index in [1.54, 1.807) is 49.1 Å². The second kappa shape index (κ2) is 8.01. The maximum atomic E-state index is 12.3. The molecule has 3 rings (SSSR count). The molecule has 2 aromatic heterocycles. The molecule has 2 heterocycles. The zero-order valence-corrected chi connectivity index (χ0v) is 13.8. The summed E-state index contributed by atoms with van der Waals surface area (Å²) in [6.07, 6.45) is 6.66. The number of hydrogen-bond acceptors (Lipinski definition) is 5. The number of rotatable bonds is 6. The first-order valence-electron chi connectivity index (χ1n) is 7.99. The van der Waals surface area contributed by atoms with Gasteiger partial charge in [0.1, 0.15) is 5.75 Å². The van der Waals surface area contributed by atoms with E-state index in [4.69, 9.17) is 4.74 Å². The van der Waals surface area contributed by atoms with Crippen LogP contribution in [0.1, 0.15) is 23.0 Å². The summed E-state index contributed by atoms with van der Waals surface area (Å²) in [5, 5.41) is 2.87. The van der Waals surface area contributed by atoms with Gasteiger partial charge in [-0.1, -0.05) is 0 Å². The van der Waals surface area contributed by atoms with Gasteiger partial charge in [0.2, 0.25) is 0 Å². The first-order valence-corrected chi connectivity index (χ1v) is 7.99. The van der Waals surface area contributed by atoms with Gasteiger partial charge in [-0.25, -0.2) is 0 Å². The van der Waals surface area contributed by atoms with Gasteiger partial charge in [-0.2, -0.15) is 0 Å². The standard InChI is InChI=1S/C19H18N4O2/c1-2-25-16-7-5-14(6-8-16)19(24)23-13-17-18(22-11-10-21-17)15-4-3-9-20-12-15/h3-12H,2,13H2,1H3,(H,23,24). The van der Waals surface area contributed by atoms with Crippen molar-refractivity contribution in [3.8, 4) is 17.0 Å². The van der Waals surface area contributed by atoms with Crippen LogP contribution >= 0.6 is 0 Å². The van der Waals surface area contributed by atoms with Crippen molar-refractivity contribution in [3.63, 3.8) is 0 Å². The molecule has 126 valence electrons. The minimum Gasteiger partial charge on any atom is -0.494 e. The van der Waals surface area contributed by atoms with Crippen LogP contribution < -0.4 is 10.1 Å². The average molecular weight is 334 g/mol. The van der Waals surface area contributed by atoms with Gasteiger partial charge in [-0.3, -0.25) is 19.7 Å². The average Bonchev–Trinajstić information content (AvgIpc) is 2.68. The lowest BCUT2D eigenvalue weighted by molar-refractivity contribution is 0.0950. The number of amides is 1. The molecule has 0 spiro atoms. The van der Waals surface area contributed by atoms with Gasteiger partial charge in [0.05, 0.1) is 24.5 Å². The van der Waals surface area contributed by atoms with E-state index in [1.165, 1.54) is 0 Å². The molecule has 0 bridgehead atoms. The van der Waals surface area contributed by atoms with Gasteiger partial charge in [0.25, 0.3) is 5.91 Å². The lowest BCUT2D eigenvalue weighted by Crippen LogP contribution is -2.23. The van der Waals surface area contributed by atoms with Crippen LogP contribution in [0.15, 0.2) is 61.2 Å². The van der Waals surface area contributed by atoms with Crippen molar-refractivity contribution in [2.24, 2.45) is 0 Å². The summed E-state index contributed by atoms with van der Waals surface area (Å²) < 4.78 is 5.38. The summed E-state index contributed by atoms with van der Waals surface area (Å²) >= 11 is 0. The van der Waals surface area contributed by atoms with Crippen LogP contribution in [0.5, 0.6) is 5.75 Å². The quantitative estimate of drug-likeness (QED) is 0.750. The number of carbonyl (C=O) groups is 1. The first-order chi connectivity index (χ1) is 12.3. The highest BCUT2D eigenvalue weighted by molar-refractivity contribution is 5.94. The van der Waals surface area contributed by atoms with E-state index in [0.29, 0.717) is 23.6 Å². The van der Waals surface area contributed by atoms with Crippen molar-refractivity contribution in [1.29, 1.82) is 0 Å². The van der Waals surface area contributed by atoms with Crippen LogP contribution in [0, 0.1) is 0 Å². The number of aromatic nitrogens is 3. The highest BCUT2D eigenvalue weighted by Crippen LogP contribution is 2.18. The monoisotopic (exact) mass is 334 g/mol. The van der Waals surface area contributed by atoms with E-state index in [9.17, 15) is 4.79 Å². The molecule has 6 nitrogen and oxygen atoms in total. The van der Waals surface area contributed by atoms with Gasteiger partial charge in [0.15, 0.2) is 0 Å². The maximum Gasteiger partial charge on any atom is 0.251 e. The number of benzene rings is 1. The second-order valence-electron chi connectivity index (χ2n) is 5.23. The van der Waals surface area contributed by atoms with Crippen LogP contribution in [0.25, 0.3) is 11.3 Å². The first kappa shape index (κ1) is 16.6. The van der Waals surface area contributed by atoms with E-state index in [2.05, 4.69) is 20.3 Å². The maximum absolute atomic E-state index is 12.3. The number of nitrogens with zero attached hydrogens (tertiary/aromatic N) is 3. The van der Waals surface area contributed by atoms with Crippen molar-refractivity contribution in [1.82, 2.24) is 20.3 Å². The van der Waals surface area contributed by atoms with Crippen molar-refractivity contribution in [2.75, 3.05) is 6.61 Å². The molecule has 1 aromatic carbocycles. The smallest absolute Gasteiger partial charge is 0.251 e. The molecule has 0 aliphatic carbocycles. The Bertz CT molecular complexity index is 836. The summed E-state index contributed by atoms with van der Waals surface area (Å²) in [6.45, 7) is 2.79. The Hall–Kier alpha value is -3.28. The summed E-state index contributed by atoms with van der Waals surface area (Å²) in [4.78, 5) is 25.1. The lowest BCUT2D eigenvalue weighted by atomic mass is 10.1. The van der Waals surface area contributed by atoms with Crippen molar-refractivity contribution in [3.05, 3.63) is 72.4 Å². The van der Waals surface area contributed by atoms with Crippen LogP contribution in [0.2, 0.25) is 0 Å². The molecule has 0 saturated carbocycles. The Labute approximate surface area is 145 Å². The van der Waals surface area contributed by atoms with E-state index in [-0.39, 0.29) is 12.5 Å². The minimum absolute atomic E-state index is 0.175.